The molecule has 0 aliphatic heterocycles. The first kappa shape index (κ1) is 15.5. The van der Waals surface area contributed by atoms with Crippen LogP contribution in [-0.2, 0) is 4.79 Å². The highest BCUT2D eigenvalue weighted by Crippen LogP contribution is 2.18. The number of aliphatic carboxylic acids is 1. The van der Waals surface area contributed by atoms with Gasteiger partial charge >= 0.3 is 5.97 Å². The van der Waals surface area contributed by atoms with Crippen molar-refractivity contribution in [2.24, 2.45) is 5.92 Å². The van der Waals surface area contributed by atoms with Crippen molar-refractivity contribution in [3.05, 3.63) is 28.2 Å². The fourth-order valence-electron chi connectivity index (χ4n) is 1.71. The van der Waals surface area contributed by atoms with Crippen molar-refractivity contribution in [2.75, 3.05) is 12.3 Å². The zero-order valence-electron chi connectivity index (χ0n) is 10.6. The van der Waals surface area contributed by atoms with E-state index >= 15 is 0 Å². The Morgan fingerprint density at radius 2 is 2.16 bits per heavy atom. The number of benzene rings is 1. The van der Waals surface area contributed by atoms with Gasteiger partial charge in [-0.15, -0.1) is 0 Å². The zero-order chi connectivity index (χ0) is 14.4. The lowest BCUT2D eigenvalue weighted by Crippen LogP contribution is -2.33. The van der Waals surface area contributed by atoms with Crippen LogP contribution in [0.1, 0.15) is 30.1 Å². The van der Waals surface area contributed by atoms with E-state index in [1.54, 1.807) is 18.2 Å². The fraction of sp³-hybridized carbons (Fsp3) is 0.385. The monoisotopic (exact) mass is 328 g/mol. The van der Waals surface area contributed by atoms with Crippen LogP contribution in [0.15, 0.2) is 22.7 Å². The van der Waals surface area contributed by atoms with E-state index in [0.29, 0.717) is 17.7 Å². The standard InChI is InChI=1S/C13H17BrN2O3/c1-2-3-8(13(18)19)7-16-12(17)10-5-4-9(14)6-11(10)15/h4-6,8H,2-3,7,15H2,1H3,(H,16,17)(H,18,19). The summed E-state index contributed by atoms with van der Waals surface area (Å²) in [6.45, 7) is 2.02. The van der Waals surface area contributed by atoms with Crippen molar-refractivity contribution in [2.45, 2.75) is 19.8 Å². The Hall–Kier alpha value is -1.56. The first-order valence-electron chi connectivity index (χ1n) is 6.01. The quantitative estimate of drug-likeness (QED) is 0.698. The van der Waals surface area contributed by atoms with Crippen molar-refractivity contribution < 1.29 is 14.7 Å². The van der Waals surface area contributed by atoms with Crippen molar-refractivity contribution in [3.8, 4) is 0 Å². The van der Waals surface area contributed by atoms with Crippen molar-refractivity contribution in [3.63, 3.8) is 0 Å². The Labute approximate surface area is 120 Å². The summed E-state index contributed by atoms with van der Waals surface area (Å²) in [5.41, 5.74) is 6.45. The van der Waals surface area contributed by atoms with Crippen LogP contribution in [0.25, 0.3) is 0 Å². The number of nitrogens with one attached hydrogen (secondary N) is 1. The van der Waals surface area contributed by atoms with E-state index in [-0.39, 0.29) is 12.5 Å². The number of amides is 1. The van der Waals surface area contributed by atoms with Crippen LogP contribution in [0.5, 0.6) is 0 Å². The molecule has 1 unspecified atom stereocenters. The minimum atomic E-state index is -0.897. The van der Waals surface area contributed by atoms with Gasteiger partial charge in [0.05, 0.1) is 11.5 Å². The molecule has 6 heteroatoms. The van der Waals surface area contributed by atoms with E-state index in [4.69, 9.17) is 10.8 Å². The molecular formula is C13H17BrN2O3. The van der Waals surface area contributed by atoms with Gasteiger partial charge in [-0.1, -0.05) is 29.3 Å². The van der Waals surface area contributed by atoms with Gasteiger partial charge in [-0.05, 0) is 24.6 Å². The van der Waals surface area contributed by atoms with Crippen molar-refractivity contribution in [1.29, 1.82) is 0 Å². The molecule has 1 rings (SSSR count). The molecule has 0 spiro atoms. The summed E-state index contributed by atoms with van der Waals surface area (Å²) in [5, 5.41) is 11.6. The summed E-state index contributed by atoms with van der Waals surface area (Å²) in [6, 6.07) is 4.95. The molecule has 104 valence electrons. The Balaban J connectivity index is 2.66. The minimum Gasteiger partial charge on any atom is -0.481 e. The summed E-state index contributed by atoms with van der Waals surface area (Å²) < 4.78 is 0.788. The second kappa shape index (κ2) is 7.13. The van der Waals surface area contributed by atoms with E-state index in [9.17, 15) is 9.59 Å². The predicted molar refractivity (Wildman–Crippen MR) is 76.9 cm³/mol. The Morgan fingerprint density at radius 1 is 1.47 bits per heavy atom. The van der Waals surface area contributed by atoms with Gasteiger partial charge in [0.2, 0.25) is 0 Å². The van der Waals surface area contributed by atoms with E-state index in [1.807, 2.05) is 6.92 Å². The van der Waals surface area contributed by atoms with Gasteiger partial charge < -0.3 is 16.2 Å². The highest BCUT2D eigenvalue weighted by Gasteiger charge is 2.18. The molecule has 0 saturated heterocycles. The maximum atomic E-state index is 11.9. The highest BCUT2D eigenvalue weighted by atomic mass is 79.9. The third kappa shape index (κ3) is 4.55. The van der Waals surface area contributed by atoms with Crippen LogP contribution in [-0.4, -0.2) is 23.5 Å². The molecule has 0 fully saturated rings. The van der Waals surface area contributed by atoms with Gasteiger partial charge in [0.25, 0.3) is 5.91 Å². The number of carbonyl (C=O) groups excluding carboxylic acids is 1. The third-order valence-electron chi connectivity index (χ3n) is 2.75. The van der Waals surface area contributed by atoms with Crippen LogP contribution < -0.4 is 11.1 Å². The van der Waals surface area contributed by atoms with Crippen molar-refractivity contribution in [1.82, 2.24) is 5.32 Å². The maximum Gasteiger partial charge on any atom is 0.308 e. The predicted octanol–water partition coefficient (Wildman–Crippen LogP) is 2.26. The lowest BCUT2D eigenvalue weighted by molar-refractivity contribution is -0.141. The topological polar surface area (TPSA) is 92.4 Å². The molecule has 1 atom stereocenters. The third-order valence-corrected chi connectivity index (χ3v) is 3.25. The van der Waals surface area contributed by atoms with Gasteiger partial charge in [-0.2, -0.15) is 0 Å². The second-order valence-electron chi connectivity index (χ2n) is 4.27. The molecular weight excluding hydrogens is 312 g/mol. The number of anilines is 1. The molecule has 0 aliphatic rings. The lowest BCUT2D eigenvalue weighted by Gasteiger charge is -2.13. The van der Waals surface area contributed by atoms with Crippen LogP contribution >= 0.6 is 15.9 Å². The van der Waals surface area contributed by atoms with Gasteiger partial charge in [0, 0.05) is 16.7 Å². The molecule has 19 heavy (non-hydrogen) atoms. The summed E-state index contributed by atoms with van der Waals surface area (Å²) in [5.74, 6) is -1.82. The summed E-state index contributed by atoms with van der Waals surface area (Å²) in [6.07, 6.45) is 1.29. The highest BCUT2D eigenvalue weighted by molar-refractivity contribution is 9.10. The van der Waals surface area contributed by atoms with Crippen molar-refractivity contribution >= 4 is 33.5 Å². The smallest absolute Gasteiger partial charge is 0.308 e. The van der Waals surface area contributed by atoms with Gasteiger partial charge in [-0.25, -0.2) is 0 Å². The molecule has 4 N–H and O–H groups in total. The van der Waals surface area contributed by atoms with Crippen LogP contribution in [0.2, 0.25) is 0 Å². The summed E-state index contributed by atoms with van der Waals surface area (Å²) in [7, 11) is 0. The number of carbonyl (C=O) groups is 2. The summed E-state index contributed by atoms with van der Waals surface area (Å²) in [4.78, 5) is 22.9. The average molecular weight is 329 g/mol. The molecule has 1 aromatic carbocycles. The number of hydrogen-bond acceptors (Lipinski definition) is 3. The molecule has 0 heterocycles. The molecule has 0 saturated carbocycles. The molecule has 1 amide bonds. The van der Waals surface area contributed by atoms with E-state index in [0.717, 1.165) is 10.9 Å². The number of nitrogens with two attached hydrogens (primary N) is 1. The number of rotatable bonds is 6. The Bertz CT molecular complexity index is 477. The van der Waals surface area contributed by atoms with E-state index in [2.05, 4.69) is 21.2 Å². The number of halogens is 1. The lowest BCUT2D eigenvalue weighted by atomic mass is 10.0. The number of hydrogen-bond donors (Lipinski definition) is 3. The van der Waals surface area contributed by atoms with Crippen LogP contribution in [0, 0.1) is 5.92 Å². The average Bonchev–Trinajstić information content (AvgIpc) is 2.33. The molecule has 0 aromatic heterocycles. The van der Waals surface area contributed by atoms with Crippen LogP contribution in [0.3, 0.4) is 0 Å². The normalized spacial score (nSPS) is 11.9. The first-order chi connectivity index (χ1) is 8.95. The van der Waals surface area contributed by atoms with Gasteiger partial charge in [0.1, 0.15) is 0 Å². The zero-order valence-corrected chi connectivity index (χ0v) is 12.2. The Morgan fingerprint density at radius 3 is 2.68 bits per heavy atom. The van der Waals surface area contributed by atoms with Gasteiger partial charge in [-0.3, -0.25) is 9.59 Å². The number of carboxylic acids is 1. The molecule has 0 radical (unpaired) electrons. The van der Waals surface area contributed by atoms with E-state index in [1.165, 1.54) is 0 Å². The van der Waals surface area contributed by atoms with E-state index < -0.39 is 11.9 Å². The largest absolute Gasteiger partial charge is 0.481 e. The number of nitrogen functional groups attached to an aromatic ring is 1. The van der Waals surface area contributed by atoms with Gasteiger partial charge in [0.15, 0.2) is 0 Å². The maximum absolute atomic E-state index is 11.9. The minimum absolute atomic E-state index is 0.109. The SMILES string of the molecule is CCCC(CNC(=O)c1ccc(Br)cc1N)C(=O)O. The number of carboxylic acid groups (broad SMARTS) is 1. The molecule has 1 aromatic rings. The Kier molecular flexibility index (Phi) is 5.82. The molecule has 5 nitrogen and oxygen atoms in total. The second-order valence-corrected chi connectivity index (χ2v) is 5.18. The molecule has 0 bridgehead atoms. The van der Waals surface area contributed by atoms with Crippen LogP contribution in [0.4, 0.5) is 5.69 Å². The first-order valence-corrected chi connectivity index (χ1v) is 6.81. The molecule has 0 aliphatic carbocycles. The summed E-state index contributed by atoms with van der Waals surface area (Å²) >= 11 is 3.26. The fourth-order valence-corrected chi connectivity index (χ4v) is 2.09.